The van der Waals surface area contributed by atoms with Crippen LogP contribution in [0.15, 0.2) is 51.0 Å². The number of ether oxygens (including phenoxy) is 1. The number of hydrogen-bond acceptors (Lipinski definition) is 7. The van der Waals surface area contributed by atoms with Gasteiger partial charge in [0, 0.05) is 11.6 Å². The van der Waals surface area contributed by atoms with Gasteiger partial charge in [-0.15, -0.1) is 0 Å². The van der Waals surface area contributed by atoms with Gasteiger partial charge in [-0.25, -0.2) is 0 Å². The predicted molar refractivity (Wildman–Crippen MR) is 78.3 cm³/mol. The Morgan fingerprint density at radius 3 is 2.74 bits per heavy atom. The number of aromatic hydroxyl groups is 1. The highest BCUT2D eigenvalue weighted by atomic mass is 16.5. The summed E-state index contributed by atoms with van der Waals surface area (Å²) < 4.78 is 10.7. The molecule has 1 aromatic heterocycles. The van der Waals surface area contributed by atoms with Crippen molar-refractivity contribution in [1.82, 2.24) is 0 Å². The summed E-state index contributed by atoms with van der Waals surface area (Å²) in [6, 6.07) is 9.34. The lowest BCUT2D eigenvalue weighted by atomic mass is 9.87. The van der Waals surface area contributed by atoms with Crippen LogP contribution in [0.2, 0.25) is 0 Å². The molecule has 116 valence electrons. The maximum atomic E-state index is 12.1. The molecule has 0 unspecified atom stereocenters. The minimum absolute atomic E-state index is 0.0113. The van der Waals surface area contributed by atoms with Crippen molar-refractivity contribution in [2.24, 2.45) is 5.73 Å². The molecule has 0 aliphatic carbocycles. The lowest BCUT2D eigenvalue weighted by Gasteiger charge is -2.25. The number of aliphatic hydroxyl groups is 1. The van der Waals surface area contributed by atoms with Crippen LogP contribution in [-0.2, 0) is 6.61 Å². The van der Waals surface area contributed by atoms with Gasteiger partial charge in [0.25, 0.3) is 0 Å². The standard InChI is InChI=1S/C16H12N2O5/c17-6-10-13(9-3-1-2-4-11(9)20)15-14(23-16(10)18)12(21)5-8(7-19)22-15/h1-5,13,19-20H,7,18H2/t13-/m0/s1. The van der Waals surface area contributed by atoms with E-state index in [0.717, 1.165) is 6.07 Å². The van der Waals surface area contributed by atoms with Crippen molar-refractivity contribution in [3.05, 3.63) is 69.1 Å². The van der Waals surface area contributed by atoms with Crippen molar-refractivity contribution < 1.29 is 19.4 Å². The van der Waals surface area contributed by atoms with Gasteiger partial charge in [-0.2, -0.15) is 5.26 Å². The molecule has 2 aromatic rings. The average Bonchev–Trinajstić information content (AvgIpc) is 2.55. The number of fused-ring (bicyclic) bond motifs is 1. The summed E-state index contributed by atoms with van der Waals surface area (Å²) in [5.41, 5.74) is 5.57. The minimum atomic E-state index is -0.899. The second-order valence-corrected chi connectivity index (χ2v) is 4.91. The number of para-hydroxylation sites is 1. The smallest absolute Gasteiger partial charge is 0.228 e. The van der Waals surface area contributed by atoms with Gasteiger partial charge in [0.05, 0.1) is 5.92 Å². The molecule has 0 radical (unpaired) electrons. The third kappa shape index (κ3) is 2.31. The van der Waals surface area contributed by atoms with E-state index in [1.54, 1.807) is 18.2 Å². The zero-order valence-electron chi connectivity index (χ0n) is 11.8. The Labute approximate surface area is 130 Å². The summed E-state index contributed by atoms with van der Waals surface area (Å²) >= 11 is 0. The Kier molecular flexibility index (Phi) is 3.52. The van der Waals surface area contributed by atoms with Crippen molar-refractivity contribution in [3.63, 3.8) is 0 Å². The fourth-order valence-electron chi connectivity index (χ4n) is 2.51. The molecule has 0 spiro atoms. The van der Waals surface area contributed by atoms with E-state index in [4.69, 9.17) is 14.9 Å². The van der Waals surface area contributed by atoms with E-state index < -0.39 is 18.0 Å². The molecule has 0 fully saturated rings. The first kappa shape index (κ1) is 14.7. The van der Waals surface area contributed by atoms with E-state index >= 15 is 0 Å². The molecule has 0 saturated heterocycles. The van der Waals surface area contributed by atoms with Crippen LogP contribution in [0.5, 0.6) is 11.5 Å². The molecule has 0 bridgehead atoms. The second-order valence-electron chi connectivity index (χ2n) is 4.91. The lowest BCUT2D eigenvalue weighted by molar-refractivity contribution is 0.231. The third-order valence-electron chi connectivity index (χ3n) is 3.53. The summed E-state index contributed by atoms with van der Waals surface area (Å²) in [6.07, 6.45) is 0. The maximum Gasteiger partial charge on any atom is 0.228 e. The van der Waals surface area contributed by atoms with Crippen LogP contribution in [0.4, 0.5) is 0 Å². The number of nitriles is 1. The van der Waals surface area contributed by atoms with Gasteiger partial charge in [-0.1, -0.05) is 18.2 Å². The van der Waals surface area contributed by atoms with Crippen LogP contribution in [0.3, 0.4) is 0 Å². The molecule has 1 aliphatic heterocycles. The van der Waals surface area contributed by atoms with Crippen LogP contribution < -0.4 is 15.9 Å². The summed E-state index contributed by atoms with van der Waals surface area (Å²) in [5, 5.41) is 28.7. The highest BCUT2D eigenvalue weighted by molar-refractivity contribution is 5.55. The molecule has 3 rings (SSSR count). The topological polar surface area (TPSA) is 130 Å². The van der Waals surface area contributed by atoms with Gasteiger partial charge in [0.15, 0.2) is 5.76 Å². The van der Waals surface area contributed by atoms with E-state index in [0.29, 0.717) is 5.56 Å². The summed E-state index contributed by atoms with van der Waals surface area (Å²) in [5.74, 6) is -1.32. The first-order valence-corrected chi connectivity index (χ1v) is 6.70. The maximum absolute atomic E-state index is 12.1. The number of allylic oxidation sites excluding steroid dienone is 1. The molecule has 7 heteroatoms. The zero-order valence-corrected chi connectivity index (χ0v) is 11.8. The van der Waals surface area contributed by atoms with Crippen molar-refractivity contribution in [1.29, 1.82) is 5.26 Å². The summed E-state index contributed by atoms with van der Waals surface area (Å²) in [6.45, 7) is -0.489. The van der Waals surface area contributed by atoms with Gasteiger partial charge in [-0.05, 0) is 6.07 Å². The Morgan fingerprint density at radius 2 is 2.09 bits per heavy atom. The fraction of sp³-hybridized carbons (Fsp3) is 0.125. The van der Waals surface area contributed by atoms with Crippen molar-refractivity contribution in [2.75, 3.05) is 0 Å². The molecule has 7 nitrogen and oxygen atoms in total. The molecule has 4 N–H and O–H groups in total. The molecule has 0 saturated carbocycles. The molecular weight excluding hydrogens is 300 g/mol. The zero-order chi connectivity index (χ0) is 16.6. The Bertz CT molecular complexity index is 907. The monoisotopic (exact) mass is 312 g/mol. The number of benzene rings is 1. The highest BCUT2D eigenvalue weighted by Crippen LogP contribution is 2.43. The van der Waals surface area contributed by atoms with Crippen LogP contribution in [0.1, 0.15) is 23.0 Å². The highest BCUT2D eigenvalue weighted by Gasteiger charge is 2.36. The number of aliphatic hydroxyl groups excluding tert-OH is 1. The molecular formula is C16H12N2O5. The molecule has 1 aromatic carbocycles. The molecule has 0 amide bonds. The number of hydrogen-bond donors (Lipinski definition) is 3. The number of rotatable bonds is 2. The van der Waals surface area contributed by atoms with Gasteiger partial charge in [0.2, 0.25) is 17.1 Å². The van der Waals surface area contributed by atoms with Crippen LogP contribution in [0.25, 0.3) is 0 Å². The van der Waals surface area contributed by atoms with Crippen LogP contribution >= 0.6 is 0 Å². The van der Waals surface area contributed by atoms with Crippen LogP contribution in [0, 0.1) is 11.3 Å². The largest absolute Gasteiger partial charge is 0.508 e. The van der Waals surface area contributed by atoms with Gasteiger partial charge < -0.3 is 25.1 Å². The van der Waals surface area contributed by atoms with E-state index in [-0.39, 0.29) is 34.5 Å². The third-order valence-corrected chi connectivity index (χ3v) is 3.53. The Morgan fingerprint density at radius 1 is 1.35 bits per heavy atom. The normalized spacial score (nSPS) is 16.4. The first-order chi connectivity index (χ1) is 11.1. The number of phenols is 1. The van der Waals surface area contributed by atoms with Crippen LogP contribution in [-0.4, -0.2) is 10.2 Å². The minimum Gasteiger partial charge on any atom is -0.508 e. The molecule has 2 heterocycles. The van der Waals surface area contributed by atoms with Gasteiger partial charge >= 0.3 is 0 Å². The SMILES string of the molecule is N#CC1=C(N)Oc2c(oc(CO)cc2=O)[C@H]1c1ccccc1O. The van der Waals surface area contributed by atoms with Crippen molar-refractivity contribution in [2.45, 2.75) is 12.5 Å². The number of nitrogens with zero attached hydrogens (tertiary/aromatic N) is 1. The van der Waals surface area contributed by atoms with Crippen molar-refractivity contribution >= 4 is 0 Å². The van der Waals surface area contributed by atoms with Gasteiger partial charge in [-0.3, -0.25) is 4.79 Å². The summed E-state index contributed by atoms with van der Waals surface area (Å²) in [4.78, 5) is 12.1. The van der Waals surface area contributed by atoms with E-state index in [1.807, 2.05) is 6.07 Å². The Balaban J connectivity index is 2.34. The number of phenolic OH excluding ortho intramolecular Hbond substituents is 1. The predicted octanol–water partition coefficient (Wildman–Crippen LogP) is 1.06. The van der Waals surface area contributed by atoms with Gasteiger partial charge in [0.1, 0.15) is 29.8 Å². The summed E-state index contributed by atoms with van der Waals surface area (Å²) in [7, 11) is 0. The van der Waals surface area contributed by atoms with E-state index in [1.165, 1.54) is 6.07 Å². The first-order valence-electron chi connectivity index (χ1n) is 6.70. The Hall–Kier alpha value is -3.24. The molecule has 1 aliphatic rings. The average molecular weight is 312 g/mol. The van der Waals surface area contributed by atoms with E-state index in [2.05, 4.69) is 0 Å². The van der Waals surface area contributed by atoms with Crippen molar-refractivity contribution in [3.8, 4) is 17.6 Å². The van der Waals surface area contributed by atoms with E-state index in [9.17, 15) is 20.3 Å². The molecule has 23 heavy (non-hydrogen) atoms. The second kappa shape index (κ2) is 5.51. The quantitative estimate of drug-likeness (QED) is 0.755. The number of nitrogens with two attached hydrogens (primary N) is 1. The lowest BCUT2D eigenvalue weighted by Crippen LogP contribution is -2.25. The fourth-order valence-corrected chi connectivity index (χ4v) is 2.51. The molecule has 1 atom stereocenters.